The van der Waals surface area contributed by atoms with Crippen molar-refractivity contribution in [2.45, 2.75) is 6.42 Å². The van der Waals surface area contributed by atoms with Gasteiger partial charge in [0, 0.05) is 0 Å². The number of carbonyl (C=O) groups is 1. The molecule has 0 radical (unpaired) electrons. The van der Waals surface area contributed by atoms with E-state index in [1.54, 1.807) is 6.08 Å². The van der Waals surface area contributed by atoms with Gasteiger partial charge in [0.05, 0.1) is 11.5 Å². The summed E-state index contributed by atoms with van der Waals surface area (Å²) in [6.07, 6.45) is 2.22. The van der Waals surface area contributed by atoms with Crippen molar-refractivity contribution in [2.24, 2.45) is 10.2 Å². The number of hydrogen-bond acceptors (Lipinski definition) is 2. The van der Waals surface area contributed by atoms with E-state index in [9.17, 15) is 4.79 Å². The molecule has 0 unspecified atom stereocenters. The minimum atomic E-state index is -0.396. The molecule has 0 spiro atoms. The molecule has 0 bridgehead atoms. The smallest absolute Gasteiger partial charge is 0.205 e. The number of nitrogens with one attached hydrogen (secondary N) is 1. The predicted octanol–water partition coefficient (Wildman–Crippen LogP) is -0.373. The first kappa shape index (κ1) is 5.81. The second kappa shape index (κ2) is 2.30. The topological polar surface area (TPSA) is 55.8 Å². The zero-order chi connectivity index (χ0) is 6.69. The molecule has 9 heavy (non-hydrogen) atoms. The second-order valence-corrected chi connectivity index (χ2v) is 1.57. The second-order valence-electron chi connectivity index (χ2n) is 1.57. The third kappa shape index (κ3) is 1.28. The molecule has 1 aliphatic heterocycles. The standard InChI is InChI=1S/C5H5N3O/c1-2-3-4-6-5(9)8-7-4/h2H,1,3H2/p+1. The normalized spacial score (nSPS) is 16.0. The molecule has 4 nitrogen and oxygen atoms in total. The Bertz CT molecular complexity index is 204. The Morgan fingerprint density at radius 1 is 1.67 bits per heavy atom. The lowest BCUT2D eigenvalue weighted by atomic mass is 10.4. The SMILES string of the molecule is C=CCC1=[NH+]C(=O)N=N1. The van der Waals surface area contributed by atoms with E-state index in [0.717, 1.165) is 0 Å². The van der Waals surface area contributed by atoms with Crippen LogP contribution in [0.1, 0.15) is 6.42 Å². The minimum absolute atomic E-state index is 0.396. The fraction of sp³-hybridized carbons (Fsp3) is 0.200. The van der Waals surface area contributed by atoms with E-state index in [1.807, 2.05) is 0 Å². The van der Waals surface area contributed by atoms with Crippen molar-refractivity contribution in [1.29, 1.82) is 0 Å². The van der Waals surface area contributed by atoms with Crippen LogP contribution < -0.4 is 4.99 Å². The van der Waals surface area contributed by atoms with Gasteiger partial charge >= 0.3 is 6.03 Å². The molecular formula is C5H6N3O+. The monoisotopic (exact) mass is 124 g/mol. The third-order valence-electron chi connectivity index (χ3n) is 0.850. The number of nitrogens with zero attached hydrogens (tertiary/aromatic N) is 2. The van der Waals surface area contributed by atoms with Gasteiger partial charge in [-0.3, -0.25) is 0 Å². The molecule has 1 heterocycles. The van der Waals surface area contributed by atoms with Crippen molar-refractivity contribution < 1.29 is 9.79 Å². The van der Waals surface area contributed by atoms with Crippen LogP contribution in [0.15, 0.2) is 22.9 Å². The van der Waals surface area contributed by atoms with Gasteiger partial charge in [-0.15, -0.1) is 6.58 Å². The molecule has 0 aliphatic carbocycles. The van der Waals surface area contributed by atoms with Gasteiger partial charge in [0.1, 0.15) is 5.11 Å². The summed E-state index contributed by atoms with van der Waals surface area (Å²) in [4.78, 5) is 12.7. The molecule has 1 rings (SSSR count). The summed E-state index contributed by atoms with van der Waals surface area (Å²) in [5.41, 5.74) is 0. The van der Waals surface area contributed by atoms with Gasteiger partial charge < -0.3 is 0 Å². The highest BCUT2D eigenvalue weighted by Gasteiger charge is 2.17. The van der Waals surface area contributed by atoms with E-state index in [4.69, 9.17) is 0 Å². The van der Waals surface area contributed by atoms with E-state index >= 15 is 0 Å². The van der Waals surface area contributed by atoms with Gasteiger partial charge in [-0.2, -0.15) is 0 Å². The number of urea groups is 1. The van der Waals surface area contributed by atoms with Crippen LogP contribution in [0.5, 0.6) is 0 Å². The van der Waals surface area contributed by atoms with Crippen LogP contribution in [0.25, 0.3) is 0 Å². The highest BCUT2D eigenvalue weighted by atomic mass is 16.2. The first-order chi connectivity index (χ1) is 4.33. The molecule has 0 fully saturated rings. The molecule has 0 aromatic carbocycles. The zero-order valence-corrected chi connectivity index (χ0v) is 4.79. The van der Waals surface area contributed by atoms with Gasteiger partial charge in [-0.25, -0.2) is 9.79 Å². The average molecular weight is 124 g/mol. The first-order valence-electron chi connectivity index (χ1n) is 2.52. The lowest BCUT2D eigenvalue weighted by Gasteiger charge is -1.73. The zero-order valence-electron chi connectivity index (χ0n) is 4.79. The van der Waals surface area contributed by atoms with Crippen LogP contribution in [0.3, 0.4) is 0 Å². The van der Waals surface area contributed by atoms with E-state index in [0.29, 0.717) is 12.3 Å². The fourth-order valence-corrected chi connectivity index (χ4v) is 0.508. The molecule has 1 N–H and O–H groups in total. The van der Waals surface area contributed by atoms with Crippen molar-refractivity contribution in [3.8, 4) is 0 Å². The number of azo groups is 1. The number of hydrogen-bond donors (Lipinski definition) is 1. The van der Waals surface area contributed by atoms with Crippen molar-refractivity contribution in [3.05, 3.63) is 12.7 Å². The molecule has 0 atom stereocenters. The number of rotatable bonds is 2. The molecule has 2 amide bonds. The van der Waals surface area contributed by atoms with Crippen LogP contribution in [0.2, 0.25) is 0 Å². The summed E-state index contributed by atoms with van der Waals surface area (Å²) in [5.74, 6) is 0.565. The van der Waals surface area contributed by atoms with Crippen molar-refractivity contribution >= 4 is 11.9 Å². The summed E-state index contributed by atoms with van der Waals surface area (Å²) < 4.78 is 0. The highest BCUT2D eigenvalue weighted by molar-refractivity contribution is 5.86. The summed E-state index contributed by atoms with van der Waals surface area (Å²) >= 11 is 0. The Labute approximate surface area is 52.0 Å². The molecule has 0 saturated heterocycles. The van der Waals surface area contributed by atoms with E-state index in [-0.39, 0.29) is 0 Å². The summed E-state index contributed by atoms with van der Waals surface area (Å²) in [6, 6.07) is -0.396. The minimum Gasteiger partial charge on any atom is -0.205 e. The van der Waals surface area contributed by atoms with E-state index < -0.39 is 6.03 Å². The van der Waals surface area contributed by atoms with Crippen LogP contribution in [-0.4, -0.2) is 11.9 Å². The van der Waals surface area contributed by atoms with Crippen molar-refractivity contribution in [2.75, 3.05) is 0 Å². The highest BCUT2D eigenvalue weighted by Crippen LogP contribution is 1.87. The third-order valence-corrected chi connectivity index (χ3v) is 0.850. The Morgan fingerprint density at radius 2 is 2.44 bits per heavy atom. The molecule has 0 aromatic rings. The Kier molecular flexibility index (Phi) is 1.48. The van der Waals surface area contributed by atoms with Gasteiger partial charge in [-0.05, 0) is 0 Å². The van der Waals surface area contributed by atoms with Crippen LogP contribution in [-0.2, 0) is 0 Å². The largest absolute Gasteiger partial charge is 0.510 e. The predicted molar refractivity (Wildman–Crippen MR) is 31.0 cm³/mol. The maximum atomic E-state index is 10.3. The van der Waals surface area contributed by atoms with Crippen LogP contribution in [0, 0.1) is 0 Å². The van der Waals surface area contributed by atoms with Gasteiger partial charge in [0.25, 0.3) is 5.84 Å². The number of amides is 2. The number of amidine groups is 1. The van der Waals surface area contributed by atoms with Crippen molar-refractivity contribution in [1.82, 2.24) is 0 Å². The molecule has 4 heteroatoms. The maximum absolute atomic E-state index is 10.3. The van der Waals surface area contributed by atoms with E-state index in [1.165, 1.54) is 0 Å². The van der Waals surface area contributed by atoms with Crippen molar-refractivity contribution in [3.63, 3.8) is 0 Å². The maximum Gasteiger partial charge on any atom is 0.510 e. The summed E-state index contributed by atoms with van der Waals surface area (Å²) in [5, 5.41) is 6.74. The Hall–Kier alpha value is -1.32. The van der Waals surface area contributed by atoms with Crippen LogP contribution in [0.4, 0.5) is 4.79 Å². The average Bonchev–Trinajstić information content (AvgIpc) is 2.17. The fourth-order valence-electron chi connectivity index (χ4n) is 0.508. The van der Waals surface area contributed by atoms with Crippen LogP contribution >= 0.6 is 0 Å². The summed E-state index contributed by atoms with van der Waals surface area (Å²) in [7, 11) is 0. The Morgan fingerprint density at radius 3 is 2.89 bits per heavy atom. The molecular weight excluding hydrogens is 118 g/mol. The quantitative estimate of drug-likeness (QED) is 0.501. The van der Waals surface area contributed by atoms with Gasteiger partial charge in [-0.1, -0.05) is 6.08 Å². The Balaban J connectivity index is 2.63. The number of carbonyl (C=O) groups excluding carboxylic acids is 1. The van der Waals surface area contributed by atoms with Gasteiger partial charge in [0.2, 0.25) is 0 Å². The van der Waals surface area contributed by atoms with E-state index in [2.05, 4.69) is 21.8 Å². The molecule has 46 valence electrons. The lowest BCUT2D eigenvalue weighted by Crippen LogP contribution is -2.73. The molecule has 0 aromatic heterocycles. The molecule has 1 aliphatic rings. The van der Waals surface area contributed by atoms with Gasteiger partial charge in [0.15, 0.2) is 0 Å². The first-order valence-corrected chi connectivity index (χ1v) is 2.52. The summed E-state index contributed by atoms with van der Waals surface area (Å²) in [6.45, 7) is 3.48. The molecule has 0 saturated carbocycles. The lowest BCUT2D eigenvalue weighted by molar-refractivity contribution is -0.336.